The van der Waals surface area contributed by atoms with E-state index in [0.717, 1.165) is 24.3 Å². The summed E-state index contributed by atoms with van der Waals surface area (Å²) in [7, 11) is 0. The summed E-state index contributed by atoms with van der Waals surface area (Å²) >= 11 is 0. The van der Waals surface area contributed by atoms with Crippen LogP contribution in [0.15, 0.2) is 18.2 Å². The zero-order valence-electron chi connectivity index (χ0n) is 18.0. The lowest BCUT2D eigenvalue weighted by molar-refractivity contribution is -0.206. The van der Waals surface area contributed by atoms with Crippen LogP contribution in [0.4, 0.5) is 8.78 Å². The Bertz CT molecular complexity index is 590. The molecule has 2 nitrogen and oxygen atoms in total. The predicted octanol–water partition coefficient (Wildman–Crippen LogP) is 7.57. The SMILES string of the molecule is CCCCCCC[C@H]1CC[C@H](CC[C@H]2CO[C@H](c3ccc(F)c(F)c3)OC2)CC1. The van der Waals surface area contributed by atoms with Crippen molar-refractivity contribution in [1.82, 2.24) is 0 Å². The Morgan fingerprint density at radius 1 is 0.759 bits per heavy atom. The maximum Gasteiger partial charge on any atom is 0.183 e. The number of ether oxygens (including phenoxy) is 2. The third-order valence-electron chi connectivity index (χ3n) is 6.85. The van der Waals surface area contributed by atoms with Gasteiger partial charge in [0, 0.05) is 11.5 Å². The maximum atomic E-state index is 13.4. The van der Waals surface area contributed by atoms with Crippen LogP contribution in [0.5, 0.6) is 0 Å². The first-order valence-electron chi connectivity index (χ1n) is 11.8. The van der Waals surface area contributed by atoms with Crippen molar-refractivity contribution in [2.45, 2.75) is 90.3 Å². The second-order valence-electron chi connectivity index (χ2n) is 9.21. The van der Waals surface area contributed by atoms with Crippen LogP contribution < -0.4 is 0 Å². The molecule has 0 amide bonds. The third-order valence-corrected chi connectivity index (χ3v) is 6.85. The lowest BCUT2D eigenvalue weighted by Crippen LogP contribution is -2.28. The van der Waals surface area contributed by atoms with Gasteiger partial charge in [0.25, 0.3) is 0 Å². The topological polar surface area (TPSA) is 18.5 Å². The number of hydrogen-bond donors (Lipinski definition) is 0. The average Bonchev–Trinajstić information content (AvgIpc) is 2.75. The summed E-state index contributed by atoms with van der Waals surface area (Å²) in [6, 6.07) is 3.83. The molecule has 3 rings (SSSR count). The summed E-state index contributed by atoms with van der Waals surface area (Å²) in [5, 5.41) is 0. The van der Waals surface area contributed by atoms with Crippen molar-refractivity contribution in [2.75, 3.05) is 13.2 Å². The van der Waals surface area contributed by atoms with Gasteiger partial charge < -0.3 is 9.47 Å². The molecule has 29 heavy (non-hydrogen) atoms. The number of hydrogen-bond acceptors (Lipinski definition) is 2. The van der Waals surface area contributed by atoms with E-state index in [4.69, 9.17) is 9.47 Å². The number of rotatable bonds is 10. The van der Waals surface area contributed by atoms with E-state index in [2.05, 4.69) is 6.92 Å². The monoisotopic (exact) mass is 408 g/mol. The molecule has 0 unspecified atom stereocenters. The summed E-state index contributed by atoms with van der Waals surface area (Å²) in [5.41, 5.74) is 0.551. The molecule has 2 fully saturated rings. The Balaban J connectivity index is 1.28. The van der Waals surface area contributed by atoms with Crippen molar-refractivity contribution >= 4 is 0 Å². The molecule has 1 aliphatic heterocycles. The van der Waals surface area contributed by atoms with Crippen LogP contribution in [0, 0.1) is 29.4 Å². The summed E-state index contributed by atoms with van der Waals surface area (Å²) in [5.74, 6) is 0.538. The maximum absolute atomic E-state index is 13.4. The van der Waals surface area contributed by atoms with E-state index in [-0.39, 0.29) is 0 Å². The fourth-order valence-electron chi connectivity index (χ4n) is 4.88. The molecule has 0 N–H and O–H groups in total. The van der Waals surface area contributed by atoms with Crippen LogP contribution >= 0.6 is 0 Å². The van der Waals surface area contributed by atoms with Gasteiger partial charge in [0.1, 0.15) is 0 Å². The molecule has 1 saturated heterocycles. The summed E-state index contributed by atoms with van der Waals surface area (Å²) in [4.78, 5) is 0. The van der Waals surface area contributed by atoms with Gasteiger partial charge in [-0.3, -0.25) is 0 Å². The largest absolute Gasteiger partial charge is 0.348 e. The summed E-state index contributed by atoms with van der Waals surface area (Å²) in [6.45, 7) is 3.55. The van der Waals surface area contributed by atoms with Gasteiger partial charge >= 0.3 is 0 Å². The zero-order chi connectivity index (χ0) is 20.5. The molecule has 1 aromatic carbocycles. The molecular formula is C25H38F2O2. The van der Waals surface area contributed by atoms with E-state index in [9.17, 15) is 8.78 Å². The summed E-state index contributed by atoms with van der Waals surface area (Å²) < 4.78 is 38.1. The first kappa shape index (κ1) is 22.7. The minimum Gasteiger partial charge on any atom is -0.348 e. The minimum absolute atomic E-state index is 0.410. The highest BCUT2D eigenvalue weighted by atomic mass is 19.2. The van der Waals surface area contributed by atoms with Gasteiger partial charge in [-0.2, -0.15) is 0 Å². The Morgan fingerprint density at radius 3 is 2.03 bits per heavy atom. The van der Waals surface area contributed by atoms with E-state index < -0.39 is 17.9 Å². The molecule has 2 aliphatic rings. The predicted molar refractivity (Wildman–Crippen MR) is 113 cm³/mol. The highest BCUT2D eigenvalue weighted by Gasteiger charge is 2.26. The van der Waals surface area contributed by atoms with Gasteiger partial charge in [0.2, 0.25) is 0 Å². The lowest BCUT2D eigenvalue weighted by atomic mass is 9.77. The van der Waals surface area contributed by atoms with E-state index in [1.807, 2.05) is 0 Å². The number of unbranched alkanes of at least 4 members (excludes halogenated alkanes) is 4. The third kappa shape index (κ3) is 7.32. The smallest absolute Gasteiger partial charge is 0.183 e. The molecule has 1 saturated carbocycles. The van der Waals surface area contributed by atoms with Crippen molar-refractivity contribution in [3.8, 4) is 0 Å². The molecular weight excluding hydrogens is 370 g/mol. The van der Waals surface area contributed by atoms with E-state index in [1.165, 1.54) is 82.8 Å². The van der Waals surface area contributed by atoms with E-state index in [1.54, 1.807) is 0 Å². The van der Waals surface area contributed by atoms with Gasteiger partial charge in [-0.1, -0.05) is 83.6 Å². The Labute approximate surface area is 175 Å². The number of benzene rings is 1. The van der Waals surface area contributed by atoms with Crippen LogP contribution in [0.1, 0.15) is 95.8 Å². The molecule has 1 heterocycles. The van der Waals surface area contributed by atoms with Gasteiger partial charge in [-0.25, -0.2) is 8.78 Å². The van der Waals surface area contributed by atoms with Crippen LogP contribution in [0.3, 0.4) is 0 Å². The molecule has 4 heteroatoms. The normalized spacial score (nSPS) is 27.8. The molecule has 1 aromatic rings. The van der Waals surface area contributed by atoms with Crippen LogP contribution in [0.25, 0.3) is 0 Å². The fourth-order valence-corrected chi connectivity index (χ4v) is 4.88. The minimum atomic E-state index is -0.853. The standard InChI is InChI=1S/C25H38F2O2/c1-2-3-4-5-6-7-19-8-10-20(11-9-19)12-13-21-17-28-25(29-18-21)22-14-15-23(26)24(27)16-22/h14-16,19-21,25H,2-13,17-18H2,1H3/t19-,20-,21-,25-. The highest BCUT2D eigenvalue weighted by Crippen LogP contribution is 2.36. The molecule has 164 valence electrons. The quantitative estimate of drug-likeness (QED) is 0.372. The fraction of sp³-hybridized carbons (Fsp3) is 0.760. The second kappa shape index (κ2) is 12.0. The van der Waals surface area contributed by atoms with Gasteiger partial charge in [0.15, 0.2) is 17.9 Å². The molecule has 0 bridgehead atoms. The van der Waals surface area contributed by atoms with Crippen LogP contribution in [-0.2, 0) is 9.47 Å². The Morgan fingerprint density at radius 2 is 1.38 bits per heavy atom. The van der Waals surface area contributed by atoms with Gasteiger partial charge in [-0.15, -0.1) is 0 Å². The zero-order valence-corrected chi connectivity index (χ0v) is 18.0. The van der Waals surface area contributed by atoms with Crippen molar-refractivity contribution in [2.24, 2.45) is 17.8 Å². The Kier molecular flexibility index (Phi) is 9.38. The van der Waals surface area contributed by atoms with Crippen molar-refractivity contribution < 1.29 is 18.3 Å². The highest BCUT2D eigenvalue weighted by molar-refractivity contribution is 5.19. The number of halogens is 2. The first-order valence-corrected chi connectivity index (χ1v) is 11.8. The van der Waals surface area contributed by atoms with Gasteiger partial charge in [-0.05, 0) is 30.4 Å². The van der Waals surface area contributed by atoms with Crippen molar-refractivity contribution in [3.63, 3.8) is 0 Å². The van der Waals surface area contributed by atoms with E-state index >= 15 is 0 Å². The summed E-state index contributed by atoms with van der Waals surface area (Å²) in [6.07, 6.45) is 15.8. The van der Waals surface area contributed by atoms with Crippen molar-refractivity contribution in [3.05, 3.63) is 35.4 Å². The lowest BCUT2D eigenvalue weighted by Gasteiger charge is -2.32. The molecule has 0 radical (unpaired) electrons. The van der Waals surface area contributed by atoms with Crippen LogP contribution in [0.2, 0.25) is 0 Å². The molecule has 0 aromatic heterocycles. The van der Waals surface area contributed by atoms with E-state index in [0.29, 0.717) is 24.7 Å². The van der Waals surface area contributed by atoms with Crippen molar-refractivity contribution in [1.29, 1.82) is 0 Å². The molecule has 0 atom stereocenters. The molecule has 1 aliphatic carbocycles. The van der Waals surface area contributed by atoms with Crippen LogP contribution in [-0.4, -0.2) is 13.2 Å². The first-order chi connectivity index (χ1) is 14.2. The van der Waals surface area contributed by atoms with Gasteiger partial charge in [0.05, 0.1) is 13.2 Å². The second-order valence-corrected chi connectivity index (χ2v) is 9.21. The molecule has 0 spiro atoms. The Hall–Kier alpha value is -1.00. The average molecular weight is 409 g/mol.